The summed E-state index contributed by atoms with van der Waals surface area (Å²) in [5, 5.41) is 0. The van der Waals surface area contributed by atoms with Gasteiger partial charge in [-0.3, -0.25) is 19.4 Å². The number of aromatic nitrogens is 4. The summed E-state index contributed by atoms with van der Waals surface area (Å²) in [5.74, 6) is -0.960. The first kappa shape index (κ1) is 41.0. The molecule has 2 rings (SSSR count). The van der Waals surface area contributed by atoms with Gasteiger partial charge < -0.3 is 25.5 Å². The third kappa shape index (κ3) is 17.3. The molecule has 48 heavy (non-hydrogen) atoms. The summed E-state index contributed by atoms with van der Waals surface area (Å²) in [4.78, 5) is 47.8. The number of nitrogens with zero attached hydrogens (tertiary/aromatic N) is 3. The summed E-state index contributed by atoms with van der Waals surface area (Å²) in [6.45, 7) is 6.60. The molecule has 0 aromatic carbocycles. The van der Waals surface area contributed by atoms with Crippen molar-refractivity contribution in [1.82, 2.24) is 19.5 Å². The van der Waals surface area contributed by atoms with E-state index in [4.69, 9.17) is 20.9 Å². The zero-order chi connectivity index (χ0) is 35.0. The van der Waals surface area contributed by atoms with E-state index in [0.717, 1.165) is 19.3 Å². The molecule has 5 N–H and O–H groups in total. The Kier molecular flexibility index (Phi) is 21.2. The molecule has 0 aliphatic carbocycles. The van der Waals surface area contributed by atoms with Crippen molar-refractivity contribution in [2.24, 2.45) is 17.6 Å². The zero-order valence-corrected chi connectivity index (χ0v) is 30.1. The number of aromatic amines is 1. The van der Waals surface area contributed by atoms with E-state index in [0.29, 0.717) is 25.0 Å². The molecule has 0 bridgehead atoms. The normalized spacial score (nSPS) is 13.0. The van der Waals surface area contributed by atoms with Crippen LogP contribution < -0.4 is 17.0 Å². The summed E-state index contributed by atoms with van der Waals surface area (Å²) < 4.78 is 12.7. The number of anilines is 1. The maximum absolute atomic E-state index is 12.6. The molecule has 2 aromatic heterocycles. The molecule has 2 heterocycles. The van der Waals surface area contributed by atoms with E-state index in [1.165, 1.54) is 96.2 Å². The number of unbranched alkanes of at least 4 members (excludes halogenated alkanes) is 15. The molecule has 2 atom stereocenters. The second-order valence-electron chi connectivity index (χ2n) is 13.5. The van der Waals surface area contributed by atoms with Crippen molar-refractivity contribution in [3.8, 4) is 0 Å². The van der Waals surface area contributed by atoms with Gasteiger partial charge >= 0.3 is 11.9 Å². The van der Waals surface area contributed by atoms with Crippen LogP contribution >= 0.6 is 0 Å². The standard InChI is InChI=1S/C37H64N6O5/c1-4-5-6-7-8-9-10-11-12-13-14-15-16-17-18-19-20-21-22-23-31(44)48-27-30(24-25-47-36(46)32(38)29(2)3)26-43-28-40-33-34(43)41-37(39)42-35(33)45/h11-12,28-30,32H,4-10,13-27,38H2,1-3H3,(H3,39,41,42,45)/b12-11+/t30-,32+/m1/s1. The highest BCUT2D eigenvalue weighted by atomic mass is 16.5. The quantitative estimate of drug-likeness (QED) is 0.0474. The van der Waals surface area contributed by atoms with E-state index in [-0.39, 0.29) is 42.5 Å². The Hall–Kier alpha value is -3.21. The van der Waals surface area contributed by atoms with Gasteiger partial charge in [-0.2, -0.15) is 4.98 Å². The molecule has 11 nitrogen and oxygen atoms in total. The average molecular weight is 673 g/mol. The first-order valence-electron chi connectivity index (χ1n) is 18.7. The summed E-state index contributed by atoms with van der Waals surface area (Å²) in [6.07, 6.45) is 28.3. The maximum atomic E-state index is 12.6. The lowest BCUT2D eigenvalue weighted by atomic mass is 10.1. The lowest BCUT2D eigenvalue weighted by Crippen LogP contribution is -2.37. The Morgan fingerprint density at radius 3 is 2.08 bits per heavy atom. The maximum Gasteiger partial charge on any atom is 0.323 e. The number of hydrogen-bond donors (Lipinski definition) is 3. The fourth-order valence-electron chi connectivity index (χ4n) is 5.63. The number of imidazole rings is 1. The molecule has 0 spiro atoms. The number of rotatable bonds is 28. The Bertz CT molecular complexity index is 1260. The Morgan fingerprint density at radius 1 is 0.896 bits per heavy atom. The molecule has 0 radical (unpaired) electrons. The SMILES string of the molecule is CCCCCCCC/C=C/CCCCCCCCCCCC(=O)OC[C@H](CCOC(=O)[C@@H](N)C(C)C)Cn1cnc2c(=O)[nH]c(N)nc21. The molecular weight excluding hydrogens is 608 g/mol. The monoisotopic (exact) mass is 672 g/mol. The molecule has 11 heteroatoms. The van der Waals surface area contributed by atoms with E-state index in [2.05, 4.69) is 34.0 Å². The minimum Gasteiger partial charge on any atom is -0.465 e. The highest BCUT2D eigenvalue weighted by Gasteiger charge is 2.21. The smallest absolute Gasteiger partial charge is 0.323 e. The Labute approximate surface area is 288 Å². The van der Waals surface area contributed by atoms with E-state index < -0.39 is 17.6 Å². The van der Waals surface area contributed by atoms with Crippen LogP contribution in [0.3, 0.4) is 0 Å². The van der Waals surface area contributed by atoms with Crippen molar-refractivity contribution in [3.63, 3.8) is 0 Å². The fourth-order valence-corrected chi connectivity index (χ4v) is 5.63. The van der Waals surface area contributed by atoms with Crippen LogP contribution in [0.1, 0.15) is 143 Å². The van der Waals surface area contributed by atoms with E-state index in [9.17, 15) is 14.4 Å². The number of fused-ring (bicyclic) bond motifs is 1. The van der Waals surface area contributed by atoms with Crippen molar-refractivity contribution in [3.05, 3.63) is 28.8 Å². The first-order valence-corrected chi connectivity index (χ1v) is 18.7. The molecule has 0 aliphatic heterocycles. The van der Waals surface area contributed by atoms with Crippen LogP contribution in [0.2, 0.25) is 0 Å². The molecule has 2 aromatic rings. The number of nitrogen functional groups attached to an aromatic ring is 1. The number of carbonyl (C=O) groups is 2. The largest absolute Gasteiger partial charge is 0.465 e. The minimum absolute atomic E-state index is 0.00826. The van der Waals surface area contributed by atoms with Gasteiger partial charge in [-0.15, -0.1) is 0 Å². The van der Waals surface area contributed by atoms with E-state index in [1.807, 2.05) is 13.8 Å². The number of H-pyrrole nitrogens is 1. The van der Waals surface area contributed by atoms with Gasteiger partial charge in [-0.1, -0.05) is 110 Å². The van der Waals surface area contributed by atoms with Crippen LogP contribution in [-0.4, -0.2) is 50.7 Å². The summed E-state index contributed by atoms with van der Waals surface area (Å²) in [6, 6.07) is -0.699. The molecule has 0 fully saturated rings. The van der Waals surface area contributed by atoms with Crippen LogP contribution in [-0.2, 0) is 25.6 Å². The molecule has 0 saturated heterocycles. The number of hydrogen-bond acceptors (Lipinski definition) is 9. The van der Waals surface area contributed by atoms with Crippen LogP contribution in [0, 0.1) is 11.8 Å². The van der Waals surface area contributed by atoms with Crippen LogP contribution in [0.4, 0.5) is 5.95 Å². The number of ether oxygens (including phenoxy) is 2. The zero-order valence-electron chi connectivity index (χ0n) is 30.1. The first-order chi connectivity index (χ1) is 23.2. The van der Waals surface area contributed by atoms with Gasteiger partial charge in [-0.05, 0) is 44.4 Å². The topological polar surface area (TPSA) is 168 Å². The summed E-state index contributed by atoms with van der Waals surface area (Å²) in [7, 11) is 0. The van der Waals surface area contributed by atoms with Crippen LogP contribution in [0.25, 0.3) is 11.2 Å². The van der Waals surface area contributed by atoms with E-state index >= 15 is 0 Å². The lowest BCUT2D eigenvalue weighted by molar-refractivity contribution is -0.149. The predicted molar refractivity (Wildman–Crippen MR) is 193 cm³/mol. The Morgan fingerprint density at radius 2 is 1.48 bits per heavy atom. The van der Waals surface area contributed by atoms with E-state index in [1.54, 1.807) is 4.57 Å². The highest BCUT2D eigenvalue weighted by Crippen LogP contribution is 2.16. The second-order valence-corrected chi connectivity index (χ2v) is 13.5. The fraction of sp³-hybridized carbons (Fsp3) is 0.757. The van der Waals surface area contributed by atoms with Crippen molar-refractivity contribution in [1.29, 1.82) is 0 Å². The van der Waals surface area contributed by atoms with Gasteiger partial charge in [0.1, 0.15) is 6.04 Å². The minimum atomic E-state index is -0.699. The van der Waals surface area contributed by atoms with Crippen molar-refractivity contribution in [2.45, 2.75) is 155 Å². The number of allylic oxidation sites excluding steroid dienone is 2. The predicted octanol–water partition coefficient (Wildman–Crippen LogP) is 7.38. The third-order valence-corrected chi connectivity index (χ3v) is 8.83. The van der Waals surface area contributed by atoms with Crippen LogP contribution in [0.5, 0.6) is 0 Å². The third-order valence-electron chi connectivity index (χ3n) is 8.83. The lowest BCUT2D eigenvalue weighted by Gasteiger charge is -2.19. The molecule has 0 aliphatic rings. The number of esters is 2. The van der Waals surface area contributed by atoms with Crippen molar-refractivity contribution in [2.75, 3.05) is 18.9 Å². The molecule has 0 amide bonds. The highest BCUT2D eigenvalue weighted by molar-refractivity contribution is 5.75. The Balaban J connectivity index is 1.61. The summed E-state index contributed by atoms with van der Waals surface area (Å²) >= 11 is 0. The number of nitrogens with one attached hydrogen (secondary N) is 1. The second kappa shape index (κ2) is 24.9. The van der Waals surface area contributed by atoms with Gasteiger partial charge in [-0.25, -0.2) is 4.98 Å². The number of nitrogens with two attached hydrogens (primary N) is 2. The average Bonchev–Trinajstić information content (AvgIpc) is 3.46. The van der Waals surface area contributed by atoms with Gasteiger partial charge in [0.15, 0.2) is 11.2 Å². The van der Waals surface area contributed by atoms with Gasteiger partial charge in [0.25, 0.3) is 5.56 Å². The van der Waals surface area contributed by atoms with Gasteiger partial charge in [0, 0.05) is 18.9 Å². The molecule has 0 unspecified atom stereocenters. The molecule has 272 valence electrons. The van der Waals surface area contributed by atoms with Crippen molar-refractivity contribution >= 4 is 29.1 Å². The van der Waals surface area contributed by atoms with Gasteiger partial charge in [0.2, 0.25) is 5.95 Å². The molecule has 0 saturated carbocycles. The molecular formula is C37H64N6O5. The summed E-state index contributed by atoms with van der Waals surface area (Å²) in [5.41, 5.74) is 11.7. The van der Waals surface area contributed by atoms with Crippen molar-refractivity contribution < 1.29 is 19.1 Å². The van der Waals surface area contributed by atoms with Gasteiger partial charge in [0.05, 0.1) is 19.5 Å². The van der Waals surface area contributed by atoms with Crippen LogP contribution in [0.15, 0.2) is 23.3 Å². The number of carbonyl (C=O) groups excluding carboxylic acids is 2.